The van der Waals surface area contributed by atoms with Crippen LogP contribution in [0.2, 0.25) is 0 Å². The first-order valence-electron chi connectivity index (χ1n) is 10.4. The number of pyridine rings is 1. The third kappa shape index (κ3) is 4.33. The van der Waals surface area contributed by atoms with Crippen molar-refractivity contribution in [2.75, 3.05) is 30.4 Å². The molecule has 2 N–H and O–H groups in total. The number of piperidine rings is 1. The van der Waals surface area contributed by atoms with Crippen LogP contribution < -0.4 is 10.2 Å². The van der Waals surface area contributed by atoms with Gasteiger partial charge < -0.3 is 20.1 Å². The molecule has 1 fully saturated rings. The summed E-state index contributed by atoms with van der Waals surface area (Å²) in [7, 11) is 2.05. The van der Waals surface area contributed by atoms with Crippen LogP contribution in [0, 0.1) is 5.92 Å². The number of amides is 2. The number of alkyl halides is 2. The molecule has 0 saturated carbocycles. The molecule has 0 bridgehead atoms. The number of halogens is 2. The van der Waals surface area contributed by atoms with Gasteiger partial charge in [0.15, 0.2) is 0 Å². The molecule has 2 atom stereocenters. The number of nitrogens with one attached hydrogen (secondary N) is 2. The largest absolute Gasteiger partial charge is 0.369 e. The van der Waals surface area contributed by atoms with Crippen molar-refractivity contribution in [3.63, 3.8) is 0 Å². The molecule has 2 aromatic heterocycles. The van der Waals surface area contributed by atoms with Crippen LogP contribution in [0.25, 0.3) is 11.0 Å². The molecule has 4 rings (SSSR count). The van der Waals surface area contributed by atoms with E-state index in [0.29, 0.717) is 24.7 Å². The molecule has 0 aliphatic carbocycles. The van der Waals surface area contributed by atoms with Crippen molar-refractivity contribution in [3.8, 4) is 0 Å². The van der Waals surface area contributed by atoms with Crippen molar-refractivity contribution in [2.45, 2.75) is 32.2 Å². The molecule has 8 heteroatoms. The molecule has 1 saturated heterocycles. The van der Waals surface area contributed by atoms with Crippen molar-refractivity contribution >= 4 is 28.4 Å². The number of likely N-dealkylation sites (tertiary alicyclic amines) is 1. The van der Waals surface area contributed by atoms with E-state index in [0.717, 1.165) is 30.1 Å². The number of rotatable bonds is 4. The predicted molar refractivity (Wildman–Crippen MR) is 119 cm³/mol. The lowest BCUT2D eigenvalue weighted by Gasteiger charge is -2.42. The topological polar surface area (TPSA) is 64.3 Å². The molecule has 1 aliphatic rings. The summed E-state index contributed by atoms with van der Waals surface area (Å²) in [5, 5.41) is 3.89. The molecule has 0 radical (unpaired) electrons. The Morgan fingerprint density at radius 3 is 2.71 bits per heavy atom. The van der Waals surface area contributed by atoms with E-state index in [9.17, 15) is 13.6 Å². The van der Waals surface area contributed by atoms with Gasteiger partial charge in [0.1, 0.15) is 5.65 Å². The minimum absolute atomic E-state index is 0.0765. The van der Waals surface area contributed by atoms with Crippen LogP contribution in [0.4, 0.5) is 25.0 Å². The SMILES string of the molecule is C[C@@H]1CCN(C(=O)Nc2ccc(C(C)(F)F)cc2)CC1N(C)c1ccnc2[nH]ccc12. The second-order valence-electron chi connectivity index (χ2n) is 8.36. The number of nitrogens with zero attached hydrogens (tertiary/aromatic N) is 3. The van der Waals surface area contributed by atoms with Gasteiger partial charge in [-0.25, -0.2) is 18.6 Å². The zero-order valence-corrected chi connectivity index (χ0v) is 17.9. The van der Waals surface area contributed by atoms with E-state index in [-0.39, 0.29) is 17.6 Å². The van der Waals surface area contributed by atoms with E-state index >= 15 is 0 Å². The summed E-state index contributed by atoms with van der Waals surface area (Å²) in [5.41, 5.74) is 2.34. The normalized spacial score (nSPS) is 19.5. The molecule has 31 heavy (non-hydrogen) atoms. The first-order chi connectivity index (χ1) is 14.7. The molecule has 164 valence electrons. The number of fused-ring (bicyclic) bond motifs is 1. The van der Waals surface area contributed by atoms with Gasteiger partial charge in [0.25, 0.3) is 5.92 Å². The smallest absolute Gasteiger partial charge is 0.321 e. The molecule has 1 unspecified atom stereocenters. The quantitative estimate of drug-likeness (QED) is 0.612. The molecule has 0 spiro atoms. The fourth-order valence-electron chi connectivity index (χ4n) is 4.22. The van der Waals surface area contributed by atoms with Crippen molar-refractivity contribution in [3.05, 3.63) is 54.4 Å². The van der Waals surface area contributed by atoms with Gasteiger partial charge >= 0.3 is 6.03 Å². The summed E-state index contributed by atoms with van der Waals surface area (Å²) in [6.45, 7) is 4.28. The minimum Gasteiger partial charge on any atom is -0.369 e. The lowest BCUT2D eigenvalue weighted by atomic mass is 9.92. The molecule has 3 aromatic rings. The average molecular weight is 427 g/mol. The monoisotopic (exact) mass is 427 g/mol. The molecular formula is C23H27F2N5O. The summed E-state index contributed by atoms with van der Waals surface area (Å²) in [6.07, 6.45) is 4.54. The molecule has 6 nitrogen and oxygen atoms in total. The molecule has 1 aliphatic heterocycles. The zero-order chi connectivity index (χ0) is 22.2. The number of anilines is 2. The standard InChI is InChI=1S/C23H27F2N5O/c1-15-10-13-30(22(31)28-17-6-4-16(5-7-17)23(2,24)25)14-20(15)29(3)19-9-12-27-21-18(19)8-11-26-21/h4-9,11-12,15,20H,10,13-14H2,1-3H3,(H,26,27)(H,28,31)/t15-,20?/m1/s1. The Labute approximate surface area is 180 Å². The summed E-state index contributed by atoms with van der Waals surface area (Å²) in [4.78, 5) is 24.4. The van der Waals surface area contributed by atoms with Gasteiger partial charge in [0, 0.05) is 67.8 Å². The molecule has 1 aromatic carbocycles. The zero-order valence-electron chi connectivity index (χ0n) is 17.9. The Morgan fingerprint density at radius 2 is 2.00 bits per heavy atom. The number of benzene rings is 1. The number of urea groups is 1. The maximum Gasteiger partial charge on any atom is 0.321 e. The second kappa shape index (κ2) is 8.17. The number of aromatic nitrogens is 2. The highest BCUT2D eigenvalue weighted by atomic mass is 19.3. The van der Waals surface area contributed by atoms with Crippen molar-refractivity contribution in [2.24, 2.45) is 5.92 Å². The molecule has 2 amide bonds. The number of hydrogen-bond donors (Lipinski definition) is 2. The summed E-state index contributed by atoms with van der Waals surface area (Å²) in [6, 6.07) is 9.64. The van der Waals surface area contributed by atoms with E-state index in [1.54, 1.807) is 11.1 Å². The van der Waals surface area contributed by atoms with E-state index in [1.807, 2.05) is 25.4 Å². The van der Waals surface area contributed by atoms with Gasteiger partial charge in [0.05, 0.1) is 0 Å². The van der Waals surface area contributed by atoms with Gasteiger partial charge in [-0.1, -0.05) is 19.1 Å². The van der Waals surface area contributed by atoms with Crippen molar-refractivity contribution in [1.29, 1.82) is 0 Å². The third-order valence-electron chi connectivity index (χ3n) is 6.16. The lowest BCUT2D eigenvalue weighted by molar-refractivity contribution is 0.0175. The number of hydrogen-bond acceptors (Lipinski definition) is 3. The summed E-state index contributed by atoms with van der Waals surface area (Å²) < 4.78 is 26.8. The van der Waals surface area contributed by atoms with E-state index < -0.39 is 5.92 Å². The number of carbonyl (C=O) groups is 1. The Hall–Kier alpha value is -3.16. The van der Waals surface area contributed by atoms with Gasteiger partial charge in [-0.05, 0) is 36.6 Å². The molecule has 3 heterocycles. The predicted octanol–water partition coefficient (Wildman–Crippen LogP) is 5.05. The highest BCUT2D eigenvalue weighted by molar-refractivity contribution is 5.91. The van der Waals surface area contributed by atoms with Crippen LogP contribution in [0.1, 0.15) is 25.8 Å². The Bertz CT molecular complexity index is 1060. The van der Waals surface area contributed by atoms with E-state index in [4.69, 9.17) is 0 Å². The number of aromatic amines is 1. The maximum atomic E-state index is 13.4. The fourth-order valence-corrected chi connectivity index (χ4v) is 4.22. The van der Waals surface area contributed by atoms with Gasteiger partial charge in [-0.15, -0.1) is 0 Å². The highest BCUT2D eigenvalue weighted by Crippen LogP contribution is 2.31. The van der Waals surface area contributed by atoms with Gasteiger partial charge in [0.2, 0.25) is 0 Å². The van der Waals surface area contributed by atoms with Crippen LogP contribution in [0.5, 0.6) is 0 Å². The van der Waals surface area contributed by atoms with Crippen LogP contribution in [0.15, 0.2) is 48.8 Å². The fraction of sp³-hybridized carbons (Fsp3) is 0.391. The Balaban J connectivity index is 1.47. The van der Waals surface area contributed by atoms with Crippen LogP contribution in [0.3, 0.4) is 0 Å². The lowest BCUT2D eigenvalue weighted by Crippen LogP contribution is -2.53. The Morgan fingerprint density at radius 1 is 1.26 bits per heavy atom. The van der Waals surface area contributed by atoms with Crippen LogP contribution in [-0.4, -0.2) is 47.1 Å². The average Bonchev–Trinajstić information content (AvgIpc) is 3.22. The number of H-pyrrole nitrogens is 1. The third-order valence-corrected chi connectivity index (χ3v) is 6.16. The van der Waals surface area contributed by atoms with Crippen molar-refractivity contribution in [1.82, 2.24) is 14.9 Å². The maximum absolute atomic E-state index is 13.4. The van der Waals surface area contributed by atoms with Crippen LogP contribution in [-0.2, 0) is 5.92 Å². The number of carbonyl (C=O) groups excluding carboxylic acids is 1. The first kappa shape index (κ1) is 21.1. The van der Waals surface area contributed by atoms with E-state index in [2.05, 4.69) is 27.1 Å². The molecular weight excluding hydrogens is 400 g/mol. The summed E-state index contributed by atoms with van der Waals surface area (Å²) in [5.74, 6) is -2.50. The summed E-state index contributed by atoms with van der Waals surface area (Å²) >= 11 is 0. The van der Waals surface area contributed by atoms with E-state index in [1.165, 1.54) is 24.3 Å². The highest BCUT2D eigenvalue weighted by Gasteiger charge is 2.32. The van der Waals surface area contributed by atoms with Gasteiger partial charge in [-0.2, -0.15) is 0 Å². The van der Waals surface area contributed by atoms with Crippen LogP contribution >= 0.6 is 0 Å². The second-order valence-corrected chi connectivity index (χ2v) is 8.36. The van der Waals surface area contributed by atoms with Gasteiger partial charge in [-0.3, -0.25) is 0 Å². The Kier molecular flexibility index (Phi) is 5.56. The van der Waals surface area contributed by atoms with Crippen molar-refractivity contribution < 1.29 is 13.6 Å². The minimum atomic E-state index is -2.90. The number of likely N-dealkylation sites (N-methyl/N-ethyl adjacent to an activating group) is 1. The first-order valence-corrected chi connectivity index (χ1v) is 10.4.